The normalized spacial score (nSPS) is 13.5. The van der Waals surface area contributed by atoms with Crippen molar-refractivity contribution in [1.82, 2.24) is 0 Å². The summed E-state index contributed by atoms with van der Waals surface area (Å²) >= 11 is -5.35. The zero-order chi connectivity index (χ0) is 17.0. The van der Waals surface area contributed by atoms with Crippen molar-refractivity contribution < 1.29 is 21.1 Å². The summed E-state index contributed by atoms with van der Waals surface area (Å²) in [5, 5.41) is 0. The van der Waals surface area contributed by atoms with Crippen LogP contribution in [0.25, 0.3) is 0 Å². The van der Waals surface area contributed by atoms with Gasteiger partial charge in [-0.1, -0.05) is 32.9 Å². The zero-order valence-electron chi connectivity index (χ0n) is 13.8. The number of hydrogen-bond acceptors (Lipinski definition) is 2. The van der Waals surface area contributed by atoms with Crippen LogP contribution in [0.15, 0.2) is 17.0 Å². The molecule has 0 aliphatic heterocycles. The van der Waals surface area contributed by atoms with Crippen molar-refractivity contribution in [2.24, 2.45) is 0 Å². The number of ether oxygens (including phenoxy) is 2. The van der Waals surface area contributed by atoms with E-state index in [1.54, 1.807) is 26.0 Å². The summed E-state index contributed by atoms with van der Waals surface area (Å²) in [7, 11) is 0. The van der Waals surface area contributed by atoms with Gasteiger partial charge in [-0.25, -0.2) is 0 Å². The van der Waals surface area contributed by atoms with Crippen molar-refractivity contribution in [2.75, 3.05) is 13.2 Å². The van der Waals surface area contributed by atoms with Crippen LogP contribution in [0.4, 0.5) is 11.7 Å². The molecule has 6 heteroatoms. The molecule has 0 aliphatic rings. The average Bonchev–Trinajstić information content (AvgIpc) is 2.39. The Kier molecular flexibility index (Phi) is 6.77. The molecule has 0 saturated heterocycles. The molecule has 1 aromatic carbocycles. The molecule has 0 saturated carbocycles. The van der Waals surface area contributed by atoms with E-state index in [1.165, 1.54) is 0 Å². The highest BCUT2D eigenvalue weighted by atomic mass is 32.3. The summed E-state index contributed by atoms with van der Waals surface area (Å²) in [5.41, 5.74) is 1.06. The Morgan fingerprint density at radius 1 is 0.909 bits per heavy atom. The minimum Gasteiger partial charge on any atom is -0.377 e. The first-order valence-corrected chi connectivity index (χ1v) is 8.68. The second-order valence-corrected chi connectivity index (χ2v) is 7.28. The molecule has 0 heterocycles. The van der Waals surface area contributed by atoms with Crippen molar-refractivity contribution in [1.29, 1.82) is 0 Å². The number of hydrogen-bond donors (Lipinski definition) is 0. The molecule has 0 spiro atoms. The third-order valence-corrected chi connectivity index (χ3v) is 4.25. The van der Waals surface area contributed by atoms with E-state index in [1.807, 2.05) is 20.8 Å². The van der Waals surface area contributed by atoms with Crippen LogP contribution in [0.2, 0.25) is 0 Å². The third-order valence-electron chi connectivity index (χ3n) is 3.26. The molecule has 2 nitrogen and oxygen atoms in total. The molecule has 1 rings (SSSR count). The maximum absolute atomic E-state index is 13.6. The number of benzene rings is 1. The minimum absolute atomic E-state index is 0.0264. The molecule has 0 radical (unpaired) electrons. The Morgan fingerprint density at radius 2 is 1.32 bits per heavy atom. The van der Waals surface area contributed by atoms with Crippen molar-refractivity contribution >= 4 is 11.2 Å². The van der Waals surface area contributed by atoms with E-state index in [-0.39, 0.29) is 29.8 Å². The highest BCUT2D eigenvalue weighted by molar-refractivity contribution is 8.21. The fraction of sp³-hybridized carbons (Fsp3) is 0.625. The van der Waals surface area contributed by atoms with Gasteiger partial charge in [0, 0.05) is 13.2 Å². The van der Waals surface area contributed by atoms with E-state index in [4.69, 9.17) is 9.47 Å². The van der Waals surface area contributed by atoms with Gasteiger partial charge in [0.2, 0.25) is 11.2 Å². The number of halogens is 3. The Morgan fingerprint density at radius 3 is 1.59 bits per heavy atom. The second kappa shape index (κ2) is 7.70. The van der Waals surface area contributed by atoms with Crippen LogP contribution in [0.5, 0.6) is 0 Å². The quantitative estimate of drug-likeness (QED) is 0.618. The highest BCUT2D eigenvalue weighted by Gasteiger charge is 2.32. The lowest BCUT2D eigenvalue weighted by Crippen LogP contribution is -2.14. The van der Waals surface area contributed by atoms with E-state index < -0.39 is 16.1 Å². The van der Waals surface area contributed by atoms with Gasteiger partial charge in [-0.15, -0.1) is 11.7 Å². The Balaban J connectivity index is 3.46. The van der Waals surface area contributed by atoms with Crippen LogP contribution in [0.1, 0.15) is 51.3 Å². The van der Waals surface area contributed by atoms with Crippen molar-refractivity contribution in [3.63, 3.8) is 0 Å². The lowest BCUT2D eigenvalue weighted by molar-refractivity contribution is 0.126. The van der Waals surface area contributed by atoms with E-state index in [2.05, 4.69) is 0 Å². The molecule has 0 amide bonds. The van der Waals surface area contributed by atoms with Crippen molar-refractivity contribution in [2.45, 2.75) is 58.1 Å². The van der Waals surface area contributed by atoms with Crippen LogP contribution in [-0.2, 0) is 28.1 Å². The Labute approximate surface area is 133 Å². The average molecular weight is 338 g/mol. The molecule has 0 aliphatic carbocycles. The molecule has 1 aromatic rings. The summed E-state index contributed by atoms with van der Waals surface area (Å²) in [6.45, 7) is 10.2. The largest absolute Gasteiger partial charge is 0.377 e. The van der Waals surface area contributed by atoms with Crippen LogP contribution in [-0.4, -0.2) is 13.2 Å². The van der Waals surface area contributed by atoms with Crippen molar-refractivity contribution in [3.05, 3.63) is 28.8 Å². The van der Waals surface area contributed by atoms with Gasteiger partial charge < -0.3 is 9.47 Å². The maximum atomic E-state index is 13.6. The van der Waals surface area contributed by atoms with E-state index in [0.29, 0.717) is 13.2 Å². The first kappa shape index (κ1) is 19.3. The fourth-order valence-electron chi connectivity index (χ4n) is 2.12. The van der Waals surface area contributed by atoms with Crippen LogP contribution in [0, 0.1) is 0 Å². The molecule has 0 aromatic heterocycles. The standard InChI is InChI=1S/C16H25F3O2S/c1-6-20-10-12-8-14(16(3,4)5)9-13(11-21-7-2)15(12)22(17,18)19/h8-9H,6-7,10-11H2,1-5H3. The van der Waals surface area contributed by atoms with Gasteiger partial charge in [0.05, 0.1) is 18.1 Å². The zero-order valence-corrected chi connectivity index (χ0v) is 14.7. The fourth-order valence-corrected chi connectivity index (χ4v) is 2.95. The molecule has 0 unspecified atom stereocenters. The molecule has 0 atom stereocenters. The Hall–Kier alpha value is -0.720. The lowest BCUT2D eigenvalue weighted by atomic mass is 9.85. The van der Waals surface area contributed by atoms with Gasteiger partial charge in [0.15, 0.2) is 0 Å². The van der Waals surface area contributed by atoms with E-state index in [0.717, 1.165) is 5.56 Å². The van der Waals surface area contributed by atoms with Gasteiger partial charge in [0.1, 0.15) is 0 Å². The lowest BCUT2D eigenvalue weighted by Gasteiger charge is -2.26. The summed E-state index contributed by atoms with van der Waals surface area (Å²) in [4.78, 5) is -0.539. The van der Waals surface area contributed by atoms with Gasteiger partial charge in [-0.05, 0) is 36.0 Å². The number of rotatable bonds is 7. The molecule has 0 bridgehead atoms. The van der Waals surface area contributed by atoms with Gasteiger partial charge in [-0.2, -0.15) is 0 Å². The topological polar surface area (TPSA) is 18.5 Å². The van der Waals surface area contributed by atoms with Crippen LogP contribution in [0.3, 0.4) is 0 Å². The third kappa shape index (κ3) is 5.18. The molecule has 128 valence electrons. The summed E-state index contributed by atoms with van der Waals surface area (Å²) in [5.74, 6) is 0. The predicted molar refractivity (Wildman–Crippen MR) is 85.0 cm³/mol. The SMILES string of the molecule is CCOCc1cc(C(C)(C)C)cc(COCC)c1S(F)(F)F. The Bertz CT molecular complexity index is 464. The van der Waals surface area contributed by atoms with Gasteiger partial charge in [0.25, 0.3) is 0 Å². The summed E-state index contributed by atoms with van der Waals surface area (Å²) in [6.07, 6.45) is 0. The molecular formula is C16H25F3O2S. The first-order valence-electron chi connectivity index (χ1n) is 7.35. The molecule has 0 N–H and O–H groups in total. The van der Waals surface area contributed by atoms with E-state index in [9.17, 15) is 11.7 Å². The highest BCUT2D eigenvalue weighted by Crippen LogP contribution is 2.63. The molecule has 0 fully saturated rings. The maximum Gasteiger partial charge on any atom is 0.238 e. The molecule has 22 heavy (non-hydrogen) atoms. The van der Waals surface area contributed by atoms with Crippen LogP contribution >= 0.6 is 11.2 Å². The van der Waals surface area contributed by atoms with E-state index >= 15 is 0 Å². The van der Waals surface area contributed by atoms with Crippen LogP contribution < -0.4 is 0 Å². The van der Waals surface area contributed by atoms with Crippen molar-refractivity contribution in [3.8, 4) is 0 Å². The summed E-state index contributed by atoms with van der Waals surface area (Å²) in [6, 6.07) is 3.25. The minimum atomic E-state index is -5.35. The second-order valence-electron chi connectivity index (χ2n) is 6.05. The smallest absolute Gasteiger partial charge is 0.238 e. The first-order chi connectivity index (χ1) is 10.1. The van der Waals surface area contributed by atoms with Gasteiger partial charge in [-0.3, -0.25) is 0 Å². The van der Waals surface area contributed by atoms with Gasteiger partial charge >= 0.3 is 0 Å². The molecular weight excluding hydrogens is 313 g/mol. The predicted octanol–water partition coefficient (Wildman–Crippen LogP) is 5.87. The summed E-state index contributed by atoms with van der Waals surface area (Å²) < 4.78 is 51.2. The monoisotopic (exact) mass is 338 g/mol.